The quantitative estimate of drug-likeness (QED) is 0.839. The average Bonchev–Trinajstić information content (AvgIpc) is 2.40. The molecule has 0 aromatic heterocycles. The first-order chi connectivity index (χ1) is 9.40. The molecule has 1 aromatic rings. The molecule has 0 aliphatic heterocycles. The largest absolute Gasteiger partial charge is 0.351 e. The van der Waals surface area contributed by atoms with E-state index in [1.807, 2.05) is 13.8 Å². The Morgan fingerprint density at radius 3 is 2.05 bits per heavy atom. The van der Waals surface area contributed by atoms with Gasteiger partial charge in [0, 0.05) is 13.1 Å². The third kappa shape index (κ3) is 3.40. The highest BCUT2D eigenvalue weighted by molar-refractivity contribution is 5.82. The highest BCUT2D eigenvalue weighted by Gasteiger charge is 2.33. The molecule has 0 aliphatic carbocycles. The minimum absolute atomic E-state index is 0.0735. The van der Waals surface area contributed by atoms with E-state index in [0.717, 1.165) is 12.8 Å². The first-order valence-corrected chi connectivity index (χ1v) is 7.45. The van der Waals surface area contributed by atoms with Gasteiger partial charge in [0.15, 0.2) is 0 Å². The minimum Gasteiger partial charge on any atom is -0.351 e. The number of nitrogens with one attached hydrogen (secondary N) is 1. The Hall–Kier alpha value is -1.35. The van der Waals surface area contributed by atoms with Gasteiger partial charge in [-0.1, -0.05) is 31.5 Å². The van der Waals surface area contributed by atoms with Crippen LogP contribution in [0.4, 0.5) is 0 Å². The van der Waals surface area contributed by atoms with Crippen LogP contribution in [0.2, 0.25) is 0 Å². The summed E-state index contributed by atoms with van der Waals surface area (Å²) in [6.07, 6.45) is 1.55. The van der Waals surface area contributed by atoms with Gasteiger partial charge in [-0.25, -0.2) is 0 Å². The van der Waals surface area contributed by atoms with Crippen molar-refractivity contribution in [1.29, 1.82) is 0 Å². The summed E-state index contributed by atoms with van der Waals surface area (Å²) < 4.78 is 0. The molecule has 112 valence electrons. The average molecular weight is 276 g/mol. The van der Waals surface area contributed by atoms with Crippen LogP contribution in [0.1, 0.15) is 48.9 Å². The van der Waals surface area contributed by atoms with Gasteiger partial charge in [-0.2, -0.15) is 0 Å². The maximum atomic E-state index is 12.4. The molecule has 0 heterocycles. The molecular formula is C17H28N2O. The highest BCUT2D eigenvalue weighted by atomic mass is 16.2. The Labute approximate surface area is 122 Å². The Bertz CT molecular complexity index is 445. The fourth-order valence-corrected chi connectivity index (χ4v) is 2.80. The molecule has 3 N–H and O–H groups in total. The first-order valence-electron chi connectivity index (χ1n) is 7.45. The van der Waals surface area contributed by atoms with Gasteiger partial charge in [-0.3, -0.25) is 4.79 Å². The number of amides is 1. The number of aryl methyl sites for hydroxylation is 3. The second-order valence-corrected chi connectivity index (χ2v) is 5.75. The summed E-state index contributed by atoms with van der Waals surface area (Å²) in [5, 5.41) is 3.07. The molecule has 1 rings (SSSR count). The lowest BCUT2D eigenvalue weighted by Crippen LogP contribution is -2.45. The lowest BCUT2D eigenvalue weighted by Gasteiger charge is -2.28. The van der Waals surface area contributed by atoms with E-state index in [4.69, 9.17) is 5.73 Å². The van der Waals surface area contributed by atoms with Crippen molar-refractivity contribution in [2.45, 2.75) is 54.0 Å². The van der Waals surface area contributed by atoms with Crippen LogP contribution in [-0.4, -0.2) is 12.5 Å². The van der Waals surface area contributed by atoms with E-state index < -0.39 is 5.41 Å². The number of carbonyl (C=O) groups excluding carboxylic acids is 1. The normalized spacial score (nSPS) is 11.5. The van der Waals surface area contributed by atoms with Crippen molar-refractivity contribution in [3.05, 3.63) is 34.4 Å². The number of hydrogen-bond donors (Lipinski definition) is 2. The van der Waals surface area contributed by atoms with E-state index in [2.05, 4.69) is 38.2 Å². The van der Waals surface area contributed by atoms with Crippen LogP contribution >= 0.6 is 0 Å². The van der Waals surface area contributed by atoms with Gasteiger partial charge in [-0.15, -0.1) is 0 Å². The highest BCUT2D eigenvalue weighted by Crippen LogP contribution is 2.25. The fourth-order valence-electron chi connectivity index (χ4n) is 2.80. The fraction of sp³-hybridized carbons (Fsp3) is 0.588. The van der Waals surface area contributed by atoms with Crippen molar-refractivity contribution in [3.63, 3.8) is 0 Å². The number of carbonyl (C=O) groups is 1. The van der Waals surface area contributed by atoms with Crippen molar-refractivity contribution in [2.75, 3.05) is 6.54 Å². The molecule has 0 aliphatic rings. The number of benzene rings is 1. The summed E-state index contributed by atoms with van der Waals surface area (Å²) in [6.45, 7) is 11.3. The van der Waals surface area contributed by atoms with Gasteiger partial charge in [0.05, 0.1) is 5.41 Å². The van der Waals surface area contributed by atoms with E-state index in [0.29, 0.717) is 13.1 Å². The molecule has 1 amide bonds. The molecule has 3 nitrogen and oxygen atoms in total. The molecule has 3 heteroatoms. The zero-order valence-electron chi connectivity index (χ0n) is 13.5. The van der Waals surface area contributed by atoms with Crippen molar-refractivity contribution in [1.82, 2.24) is 5.32 Å². The molecule has 0 unspecified atom stereocenters. The van der Waals surface area contributed by atoms with E-state index in [-0.39, 0.29) is 5.91 Å². The zero-order chi connectivity index (χ0) is 15.3. The SMILES string of the molecule is CCC(CC)(CN)C(=O)NCc1c(C)cc(C)cc1C. The summed E-state index contributed by atoms with van der Waals surface area (Å²) in [4.78, 5) is 12.4. The van der Waals surface area contributed by atoms with Crippen LogP contribution in [0, 0.1) is 26.2 Å². The van der Waals surface area contributed by atoms with Crippen LogP contribution in [0.25, 0.3) is 0 Å². The van der Waals surface area contributed by atoms with Crippen LogP contribution in [0.3, 0.4) is 0 Å². The number of hydrogen-bond acceptors (Lipinski definition) is 2. The molecule has 0 radical (unpaired) electrons. The van der Waals surface area contributed by atoms with Crippen molar-refractivity contribution < 1.29 is 4.79 Å². The molecule has 0 atom stereocenters. The summed E-state index contributed by atoms with van der Waals surface area (Å²) in [7, 11) is 0. The minimum atomic E-state index is -0.424. The van der Waals surface area contributed by atoms with Gasteiger partial charge in [0.25, 0.3) is 0 Å². The first kappa shape index (κ1) is 16.7. The van der Waals surface area contributed by atoms with Gasteiger partial charge in [0.2, 0.25) is 5.91 Å². The molecule has 0 fully saturated rings. The predicted molar refractivity (Wildman–Crippen MR) is 84.6 cm³/mol. The van der Waals surface area contributed by atoms with Crippen molar-refractivity contribution >= 4 is 5.91 Å². The summed E-state index contributed by atoms with van der Waals surface area (Å²) in [5.74, 6) is 0.0735. The molecule has 20 heavy (non-hydrogen) atoms. The van der Waals surface area contributed by atoms with E-state index in [1.54, 1.807) is 0 Å². The van der Waals surface area contributed by atoms with Crippen LogP contribution in [0.15, 0.2) is 12.1 Å². The Kier molecular flexibility index (Phi) is 5.75. The molecule has 1 aromatic carbocycles. The third-order valence-corrected chi connectivity index (χ3v) is 4.49. The van der Waals surface area contributed by atoms with Gasteiger partial charge >= 0.3 is 0 Å². The monoisotopic (exact) mass is 276 g/mol. The topological polar surface area (TPSA) is 55.1 Å². The lowest BCUT2D eigenvalue weighted by molar-refractivity contribution is -0.131. The lowest BCUT2D eigenvalue weighted by atomic mass is 9.81. The van der Waals surface area contributed by atoms with Crippen LogP contribution in [0.5, 0.6) is 0 Å². The van der Waals surface area contributed by atoms with Gasteiger partial charge in [-0.05, 0) is 50.3 Å². The Morgan fingerprint density at radius 1 is 1.15 bits per heavy atom. The maximum Gasteiger partial charge on any atom is 0.227 e. The van der Waals surface area contributed by atoms with Crippen molar-refractivity contribution in [2.24, 2.45) is 11.1 Å². The predicted octanol–water partition coefficient (Wildman–Crippen LogP) is 2.99. The third-order valence-electron chi connectivity index (χ3n) is 4.49. The molecule has 0 saturated carbocycles. The Morgan fingerprint density at radius 2 is 1.65 bits per heavy atom. The molecule has 0 bridgehead atoms. The van der Waals surface area contributed by atoms with Crippen LogP contribution < -0.4 is 11.1 Å². The summed E-state index contributed by atoms with van der Waals surface area (Å²) in [5.41, 5.74) is 10.3. The van der Waals surface area contributed by atoms with E-state index >= 15 is 0 Å². The summed E-state index contributed by atoms with van der Waals surface area (Å²) in [6, 6.07) is 4.31. The van der Waals surface area contributed by atoms with Gasteiger partial charge < -0.3 is 11.1 Å². The summed E-state index contributed by atoms with van der Waals surface area (Å²) >= 11 is 0. The number of nitrogens with two attached hydrogens (primary N) is 1. The smallest absolute Gasteiger partial charge is 0.227 e. The maximum absolute atomic E-state index is 12.4. The van der Waals surface area contributed by atoms with Gasteiger partial charge in [0.1, 0.15) is 0 Å². The molecular weight excluding hydrogens is 248 g/mol. The Balaban J connectivity index is 2.85. The van der Waals surface area contributed by atoms with E-state index in [1.165, 1.54) is 22.3 Å². The number of rotatable bonds is 6. The second-order valence-electron chi connectivity index (χ2n) is 5.75. The molecule has 0 spiro atoms. The van der Waals surface area contributed by atoms with Crippen LogP contribution in [-0.2, 0) is 11.3 Å². The van der Waals surface area contributed by atoms with Crippen molar-refractivity contribution in [3.8, 4) is 0 Å². The second kappa shape index (κ2) is 6.89. The zero-order valence-corrected chi connectivity index (χ0v) is 13.5. The standard InChI is InChI=1S/C17H28N2O/c1-6-17(7-2,11-18)16(20)19-10-15-13(4)8-12(3)9-14(15)5/h8-9H,6-7,10-11,18H2,1-5H3,(H,19,20). The van der Waals surface area contributed by atoms with E-state index in [9.17, 15) is 4.79 Å². The molecule has 0 saturated heterocycles.